The number of carbonyl (C=O) groups excluding carboxylic acids is 2. The van der Waals surface area contributed by atoms with Gasteiger partial charge in [0.2, 0.25) is 5.91 Å². The van der Waals surface area contributed by atoms with Gasteiger partial charge in [-0.15, -0.1) is 0 Å². The lowest BCUT2D eigenvalue weighted by molar-refractivity contribution is -0.135. The lowest BCUT2D eigenvalue weighted by atomic mass is 9.99. The van der Waals surface area contributed by atoms with Crippen molar-refractivity contribution in [2.45, 2.75) is 26.3 Å². The van der Waals surface area contributed by atoms with Crippen LogP contribution in [0.15, 0.2) is 18.2 Å². The number of carbonyl (C=O) groups is 2. The van der Waals surface area contributed by atoms with E-state index in [-0.39, 0.29) is 11.7 Å². The van der Waals surface area contributed by atoms with E-state index in [1.165, 1.54) is 13.2 Å². The van der Waals surface area contributed by atoms with Gasteiger partial charge in [-0.2, -0.15) is 0 Å². The van der Waals surface area contributed by atoms with Gasteiger partial charge < -0.3 is 14.7 Å². The monoisotopic (exact) mass is 277 g/mol. The summed E-state index contributed by atoms with van der Waals surface area (Å²) in [4.78, 5) is 25.0. The van der Waals surface area contributed by atoms with Crippen LogP contribution in [-0.2, 0) is 16.1 Å². The number of hydrogen-bond donors (Lipinski definition) is 1. The van der Waals surface area contributed by atoms with Crippen LogP contribution < -0.4 is 0 Å². The topological polar surface area (TPSA) is 66.8 Å². The van der Waals surface area contributed by atoms with Crippen molar-refractivity contribution in [3.8, 4) is 5.75 Å². The fourth-order valence-corrected chi connectivity index (χ4v) is 2.40. The Morgan fingerprint density at radius 2 is 2.25 bits per heavy atom. The Morgan fingerprint density at radius 1 is 1.50 bits per heavy atom. The number of piperidine rings is 1. The Bertz CT molecular complexity index is 527. The van der Waals surface area contributed by atoms with Gasteiger partial charge in [-0.1, -0.05) is 13.0 Å². The molecular formula is C15H19NO4. The molecule has 1 N–H and O–H groups in total. The van der Waals surface area contributed by atoms with Crippen LogP contribution in [0.4, 0.5) is 0 Å². The first-order chi connectivity index (χ1) is 9.51. The number of likely N-dealkylation sites (tertiary alicyclic amines) is 1. The zero-order chi connectivity index (χ0) is 14.7. The number of esters is 1. The van der Waals surface area contributed by atoms with Gasteiger partial charge >= 0.3 is 5.97 Å². The fraction of sp³-hybridized carbons (Fsp3) is 0.467. The van der Waals surface area contributed by atoms with Crippen LogP contribution in [0.1, 0.15) is 35.7 Å². The number of amides is 1. The Labute approximate surface area is 118 Å². The van der Waals surface area contributed by atoms with Crippen molar-refractivity contribution in [1.29, 1.82) is 0 Å². The molecule has 1 heterocycles. The van der Waals surface area contributed by atoms with Crippen molar-refractivity contribution < 1.29 is 19.4 Å². The number of methoxy groups -OCH3 is 1. The van der Waals surface area contributed by atoms with Crippen molar-refractivity contribution in [2.75, 3.05) is 13.7 Å². The molecule has 1 aliphatic rings. The molecule has 1 aromatic carbocycles. The van der Waals surface area contributed by atoms with Gasteiger partial charge in [0.05, 0.1) is 12.7 Å². The van der Waals surface area contributed by atoms with E-state index in [0.29, 0.717) is 36.6 Å². The van der Waals surface area contributed by atoms with Crippen LogP contribution in [0.5, 0.6) is 5.75 Å². The quantitative estimate of drug-likeness (QED) is 0.857. The SMILES string of the molecule is COC(=O)c1ccc(CN2C[C@@H](C)CCC2=O)c(O)c1. The van der Waals surface area contributed by atoms with Gasteiger partial charge in [0, 0.05) is 25.1 Å². The van der Waals surface area contributed by atoms with E-state index in [1.807, 2.05) is 0 Å². The molecule has 0 aliphatic carbocycles. The molecular weight excluding hydrogens is 258 g/mol. The summed E-state index contributed by atoms with van der Waals surface area (Å²) in [5, 5.41) is 9.97. The third kappa shape index (κ3) is 3.10. The van der Waals surface area contributed by atoms with E-state index < -0.39 is 5.97 Å². The van der Waals surface area contributed by atoms with E-state index in [0.717, 1.165) is 6.42 Å². The van der Waals surface area contributed by atoms with Crippen LogP contribution in [-0.4, -0.2) is 35.5 Å². The second-order valence-electron chi connectivity index (χ2n) is 5.25. The van der Waals surface area contributed by atoms with Gasteiger partial charge in [-0.25, -0.2) is 4.79 Å². The number of nitrogens with zero attached hydrogens (tertiary/aromatic N) is 1. The Morgan fingerprint density at radius 3 is 2.90 bits per heavy atom. The first-order valence-electron chi connectivity index (χ1n) is 6.69. The molecule has 0 radical (unpaired) electrons. The Balaban J connectivity index is 2.13. The molecule has 108 valence electrons. The fourth-order valence-electron chi connectivity index (χ4n) is 2.40. The van der Waals surface area contributed by atoms with E-state index in [4.69, 9.17) is 0 Å². The number of benzene rings is 1. The lowest BCUT2D eigenvalue weighted by Crippen LogP contribution is -2.38. The number of aromatic hydroxyl groups is 1. The molecule has 1 aliphatic heterocycles. The van der Waals surface area contributed by atoms with E-state index in [2.05, 4.69) is 11.7 Å². The maximum absolute atomic E-state index is 11.8. The molecule has 1 aromatic rings. The van der Waals surface area contributed by atoms with E-state index in [1.54, 1.807) is 17.0 Å². The summed E-state index contributed by atoms with van der Waals surface area (Å²) in [6, 6.07) is 4.63. The first-order valence-corrected chi connectivity index (χ1v) is 6.69. The van der Waals surface area contributed by atoms with E-state index >= 15 is 0 Å². The molecule has 0 unspecified atom stereocenters. The largest absolute Gasteiger partial charge is 0.508 e. The van der Waals surface area contributed by atoms with Crippen LogP contribution >= 0.6 is 0 Å². The predicted octanol–water partition coefficient (Wildman–Crippen LogP) is 1.94. The van der Waals surface area contributed by atoms with Crippen molar-refractivity contribution in [3.05, 3.63) is 29.3 Å². The van der Waals surface area contributed by atoms with Gasteiger partial charge in [0.15, 0.2) is 0 Å². The summed E-state index contributed by atoms with van der Waals surface area (Å²) in [7, 11) is 1.29. The minimum absolute atomic E-state index is 0.0129. The number of phenolic OH excluding ortho intramolecular Hbond substituents is 1. The van der Waals surface area contributed by atoms with Crippen molar-refractivity contribution in [3.63, 3.8) is 0 Å². The maximum atomic E-state index is 11.8. The molecule has 1 fully saturated rings. The van der Waals surface area contributed by atoms with Gasteiger partial charge in [-0.3, -0.25) is 4.79 Å². The highest BCUT2D eigenvalue weighted by molar-refractivity contribution is 5.89. The summed E-state index contributed by atoms with van der Waals surface area (Å²) in [6.07, 6.45) is 1.48. The maximum Gasteiger partial charge on any atom is 0.337 e. The number of rotatable bonds is 3. The van der Waals surface area contributed by atoms with Crippen LogP contribution in [0.3, 0.4) is 0 Å². The summed E-state index contributed by atoms with van der Waals surface area (Å²) >= 11 is 0. The van der Waals surface area contributed by atoms with E-state index in [9.17, 15) is 14.7 Å². The van der Waals surface area contributed by atoms with Gasteiger partial charge in [0.25, 0.3) is 0 Å². The molecule has 0 bridgehead atoms. The minimum Gasteiger partial charge on any atom is -0.508 e. The second kappa shape index (κ2) is 5.94. The average molecular weight is 277 g/mol. The molecule has 1 amide bonds. The zero-order valence-electron chi connectivity index (χ0n) is 11.8. The molecule has 5 nitrogen and oxygen atoms in total. The van der Waals surface area contributed by atoms with Crippen molar-refractivity contribution in [2.24, 2.45) is 5.92 Å². The highest BCUT2D eigenvalue weighted by Crippen LogP contribution is 2.24. The Hall–Kier alpha value is -2.04. The van der Waals surface area contributed by atoms with Crippen molar-refractivity contribution in [1.82, 2.24) is 4.90 Å². The summed E-state index contributed by atoms with van der Waals surface area (Å²) in [6.45, 7) is 3.19. The number of hydrogen-bond acceptors (Lipinski definition) is 4. The molecule has 5 heteroatoms. The number of phenols is 1. The summed E-state index contributed by atoms with van der Waals surface area (Å²) < 4.78 is 4.60. The van der Waals surface area contributed by atoms with Crippen LogP contribution in [0, 0.1) is 5.92 Å². The molecule has 0 saturated carbocycles. The highest BCUT2D eigenvalue weighted by Gasteiger charge is 2.23. The molecule has 0 spiro atoms. The average Bonchev–Trinajstić information content (AvgIpc) is 2.44. The summed E-state index contributed by atoms with van der Waals surface area (Å²) in [5.41, 5.74) is 0.937. The highest BCUT2D eigenvalue weighted by atomic mass is 16.5. The normalized spacial score (nSPS) is 19.0. The lowest BCUT2D eigenvalue weighted by Gasteiger charge is -2.31. The zero-order valence-corrected chi connectivity index (χ0v) is 11.8. The smallest absolute Gasteiger partial charge is 0.337 e. The molecule has 2 rings (SSSR count). The van der Waals surface area contributed by atoms with Gasteiger partial charge in [0.1, 0.15) is 5.75 Å². The van der Waals surface area contributed by atoms with Gasteiger partial charge in [-0.05, 0) is 24.5 Å². The molecule has 0 aromatic heterocycles. The van der Waals surface area contributed by atoms with Crippen molar-refractivity contribution >= 4 is 11.9 Å². The molecule has 1 saturated heterocycles. The standard InChI is InChI=1S/C15H19NO4/c1-10-3-6-14(18)16(8-10)9-12-5-4-11(7-13(12)17)15(19)20-2/h4-5,7,10,17H,3,6,8-9H2,1-2H3/t10-/m0/s1. The van der Waals surface area contributed by atoms with Crippen LogP contribution in [0.2, 0.25) is 0 Å². The van der Waals surface area contributed by atoms with Crippen LogP contribution in [0.25, 0.3) is 0 Å². The number of ether oxygens (including phenoxy) is 1. The predicted molar refractivity (Wildman–Crippen MR) is 73.3 cm³/mol. The molecule has 20 heavy (non-hydrogen) atoms. The third-order valence-corrected chi connectivity index (χ3v) is 3.60. The molecule has 1 atom stereocenters. The minimum atomic E-state index is -0.491. The second-order valence-corrected chi connectivity index (χ2v) is 5.25. The third-order valence-electron chi connectivity index (χ3n) is 3.60. The Kier molecular flexibility index (Phi) is 4.27. The first kappa shape index (κ1) is 14.4. The summed E-state index contributed by atoms with van der Waals surface area (Å²) in [5.74, 6) is 0.108.